The minimum atomic E-state index is -3.64. The van der Waals surface area contributed by atoms with Gasteiger partial charge in [-0.25, -0.2) is 22.0 Å². The highest BCUT2D eigenvalue weighted by Crippen LogP contribution is 2.45. The molecule has 0 aliphatic rings. The zero-order chi connectivity index (χ0) is 16.2. The van der Waals surface area contributed by atoms with Gasteiger partial charge in [0.15, 0.2) is 23.3 Å². The van der Waals surface area contributed by atoms with Gasteiger partial charge in [-0.2, -0.15) is 0 Å². The average Bonchev–Trinajstić information content (AvgIpc) is 2.43. The molecule has 0 bridgehead atoms. The van der Waals surface area contributed by atoms with Crippen LogP contribution in [0.2, 0.25) is 0 Å². The Balaban J connectivity index is 2.87. The topological polar surface area (TPSA) is 35.5 Å². The molecule has 0 amide bonds. The van der Waals surface area contributed by atoms with Crippen molar-refractivity contribution in [2.75, 3.05) is 13.3 Å². The van der Waals surface area contributed by atoms with Gasteiger partial charge in [0.1, 0.15) is 0 Å². The van der Waals surface area contributed by atoms with E-state index < -0.39 is 48.9 Å². The summed E-state index contributed by atoms with van der Waals surface area (Å²) in [6.07, 6.45) is 1.35. The highest BCUT2D eigenvalue weighted by atomic mass is 31.2. The summed E-state index contributed by atoms with van der Waals surface area (Å²) < 4.78 is 86.8. The fraction of sp³-hybridized carbons (Fsp3) is 0.500. The lowest BCUT2D eigenvalue weighted by molar-refractivity contribution is 0.194. The Bertz CT molecular complexity index is 535. The van der Waals surface area contributed by atoms with Crippen molar-refractivity contribution in [1.29, 1.82) is 0 Å². The lowest BCUT2D eigenvalue weighted by Gasteiger charge is -2.15. The quantitative estimate of drug-likeness (QED) is 0.242. The summed E-state index contributed by atoms with van der Waals surface area (Å²) in [6, 6.07) is 0. The molecule has 0 fully saturated rings. The van der Waals surface area contributed by atoms with E-state index in [9.17, 15) is 26.5 Å². The van der Waals surface area contributed by atoms with Crippen molar-refractivity contribution in [2.45, 2.75) is 26.4 Å². The lowest BCUT2D eigenvalue weighted by Crippen LogP contribution is -2.08. The first-order valence-corrected chi connectivity index (χ1v) is 8.07. The molecule has 1 aromatic carbocycles. The van der Waals surface area contributed by atoms with Gasteiger partial charge >= 0.3 is 7.60 Å². The summed E-state index contributed by atoms with van der Waals surface area (Å²) in [5.41, 5.74) is -1.19. The maximum atomic E-state index is 13.4. The van der Waals surface area contributed by atoms with E-state index in [-0.39, 0.29) is 6.61 Å². The molecular weight excluding hydrogens is 318 g/mol. The van der Waals surface area contributed by atoms with Crippen LogP contribution in [-0.4, -0.2) is 13.3 Å². The van der Waals surface area contributed by atoms with Crippen molar-refractivity contribution in [2.24, 2.45) is 0 Å². The van der Waals surface area contributed by atoms with E-state index in [1.165, 1.54) is 0 Å². The van der Waals surface area contributed by atoms with Crippen LogP contribution in [0.15, 0.2) is 0 Å². The van der Waals surface area contributed by atoms with Crippen molar-refractivity contribution < 1.29 is 35.6 Å². The summed E-state index contributed by atoms with van der Waals surface area (Å²) in [5.74, 6) is -10.4. The zero-order valence-electron chi connectivity index (χ0n) is 11.4. The highest BCUT2D eigenvalue weighted by Gasteiger charge is 2.27. The van der Waals surface area contributed by atoms with Crippen LogP contribution in [0.25, 0.3) is 0 Å². The third-order valence-corrected chi connectivity index (χ3v) is 3.82. The number of hydrogen-bond acceptors (Lipinski definition) is 3. The van der Waals surface area contributed by atoms with Crippen LogP contribution in [0.5, 0.6) is 0 Å². The molecule has 120 valence electrons. The van der Waals surface area contributed by atoms with Crippen LogP contribution >= 0.6 is 7.60 Å². The molecule has 1 aromatic rings. The van der Waals surface area contributed by atoms with Gasteiger partial charge in [-0.15, -0.1) is 0 Å². The molecule has 0 aliphatic heterocycles. The molecule has 0 N–H and O–H groups in total. The molecule has 1 rings (SSSR count). The summed E-state index contributed by atoms with van der Waals surface area (Å²) in [7, 11) is -3.64. The second-order valence-corrected chi connectivity index (χ2v) is 6.34. The zero-order valence-corrected chi connectivity index (χ0v) is 12.3. The molecule has 1 atom stereocenters. The number of unbranched alkanes of at least 4 members (excludes halogenated alkanes) is 1. The maximum Gasteiger partial charge on any atom is 0.327 e. The van der Waals surface area contributed by atoms with Crippen molar-refractivity contribution in [3.8, 4) is 0 Å². The summed E-state index contributed by atoms with van der Waals surface area (Å²) in [5, 5.41) is 0. The first-order valence-electron chi connectivity index (χ1n) is 6.08. The Morgan fingerprint density at radius 2 is 1.38 bits per heavy atom. The second-order valence-electron chi connectivity index (χ2n) is 4.28. The molecule has 9 heteroatoms. The largest absolute Gasteiger partial charge is 0.327 e. The highest BCUT2D eigenvalue weighted by molar-refractivity contribution is 7.52. The maximum absolute atomic E-state index is 13.4. The fourth-order valence-electron chi connectivity index (χ4n) is 1.37. The molecule has 0 radical (unpaired) electrons. The predicted molar refractivity (Wildman–Crippen MR) is 65.4 cm³/mol. The molecule has 0 aromatic heterocycles. The van der Waals surface area contributed by atoms with Crippen molar-refractivity contribution in [3.05, 3.63) is 34.6 Å². The first kappa shape index (κ1) is 18.1. The molecule has 0 saturated carbocycles. The van der Waals surface area contributed by atoms with Crippen LogP contribution < -0.4 is 0 Å². The van der Waals surface area contributed by atoms with Gasteiger partial charge in [-0.05, 0) is 6.42 Å². The molecule has 0 saturated heterocycles. The molecule has 3 nitrogen and oxygen atoms in total. The minimum absolute atomic E-state index is 0.0986. The van der Waals surface area contributed by atoms with E-state index in [2.05, 4.69) is 4.52 Å². The van der Waals surface area contributed by atoms with E-state index in [0.29, 0.717) is 6.42 Å². The van der Waals surface area contributed by atoms with Crippen molar-refractivity contribution in [1.82, 2.24) is 0 Å². The normalized spacial score (nSPS) is 14.2. The Morgan fingerprint density at radius 3 is 1.86 bits per heavy atom. The Morgan fingerprint density at radius 1 is 0.905 bits per heavy atom. The van der Waals surface area contributed by atoms with Crippen LogP contribution in [0.4, 0.5) is 22.0 Å². The third-order valence-electron chi connectivity index (χ3n) is 2.57. The van der Waals surface area contributed by atoms with Gasteiger partial charge in [0, 0.05) is 6.66 Å². The standard InChI is InChI=1S/C12H14F5O3P/c1-3-4-5-19-21(2,18)20-6-7-8(13)10(15)12(17)11(16)9(7)14/h3-6H2,1-2H3. The van der Waals surface area contributed by atoms with E-state index in [0.717, 1.165) is 13.1 Å². The Kier molecular flexibility index (Phi) is 6.31. The third kappa shape index (κ3) is 4.49. The monoisotopic (exact) mass is 332 g/mol. The molecule has 1 unspecified atom stereocenters. The first-order chi connectivity index (χ1) is 9.71. The van der Waals surface area contributed by atoms with Crippen LogP contribution in [0, 0.1) is 29.1 Å². The van der Waals surface area contributed by atoms with E-state index in [1.54, 1.807) is 0 Å². The number of benzene rings is 1. The fourth-order valence-corrected chi connectivity index (χ4v) is 2.27. The van der Waals surface area contributed by atoms with Crippen LogP contribution in [0.3, 0.4) is 0 Å². The summed E-state index contributed by atoms with van der Waals surface area (Å²) in [6.45, 7) is 1.96. The SMILES string of the molecule is CCCCOP(C)(=O)OCc1c(F)c(F)c(F)c(F)c1F. The summed E-state index contributed by atoms with van der Waals surface area (Å²) in [4.78, 5) is 0. The van der Waals surface area contributed by atoms with E-state index in [1.807, 2.05) is 6.92 Å². The van der Waals surface area contributed by atoms with Crippen molar-refractivity contribution in [3.63, 3.8) is 0 Å². The van der Waals surface area contributed by atoms with Gasteiger partial charge in [-0.1, -0.05) is 13.3 Å². The van der Waals surface area contributed by atoms with Crippen LogP contribution in [-0.2, 0) is 20.2 Å². The van der Waals surface area contributed by atoms with Gasteiger partial charge in [-0.3, -0.25) is 4.57 Å². The van der Waals surface area contributed by atoms with Crippen molar-refractivity contribution >= 4 is 7.60 Å². The minimum Gasteiger partial charge on any atom is -0.309 e. The second kappa shape index (κ2) is 7.33. The lowest BCUT2D eigenvalue weighted by atomic mass is 10.2. The molecule has 0 aliphatic carbocycles. The smallest absolute Gasteiger partial charge is 0.309 e. The van der Waals surface area contributed by atoms with Crippen LogP contribution in [0.1, 0.15) is 25.3 Å². The van der Waals surface area contributed by atoms with E-state index >= 15 is 0 Å². The summed E-state index contributed by atoms with van der Waals surface area (Å²) >= 11 is 0. The van der Waals surface area contributed by atoms with Gasteiger partial charge < -0.3 is 9.05 Å². The Labute approximate surface area is 118 Å². The number of hydrogen-bond donors (Lipinski definition) is 0. The molecule has 0 heterocycles. The number of halogens is 5. The molecular formula is C12H14F5O3P. The van der Waals surface area contributed by atoms with Gasteiger partial charge in [0.05, 0.1) is 18.8 Å². The Hall–Kier alpha value is -0.980. The van der Waals surface area contributed by atoms with E-state index in [4.69, 9.17) is 4.52 Å². The predicted octanol–water partition coefficient (Wildman–Crippen LogP) is 4.54. The number of rotatable bonds is 7. The average molecular weight is 332 g/mol. The van der Waals surface area contributed by atoms with Gasteiger partial charge in [0.25, 0.3) is 0 Å². The van der Waals surface area contributed by atoms with Gasteiger partial charge in [0.2, 0.25) is 5.82 Å². The molecule has 21 heavy (non-hydrogen) atoms. The molecule has 0 spiro atoms.